The van der Waals surface area contributed by atoms with Gasteiger partial charge < -0.3 is 5.32 Å². The number of thiazole rings is 1. The third kappa shape index (κ3) is 3.32. The van der Waals surface area contributed by atoms with Crippen molar-refractivity contribution in [3.8, 4) is 0 Å². The van der Waals surface area contributed by atoms with Crippen LogP contribution in [0.25, 0.3) is 0 Å². The summed E-state index contributed by atoms with van der Waals surface area (Å²) in [6.07, 6.45) is 1.67. The van der Waals surface area contributed by atoms with Crippen molar-refractivity contribution < 1.29 is 4.79 Å². The van der Waals surface area contributed by atoms with E-state index >= 15 is 0 Å². The molecule has 0 fully saturated rings. The maximum atomic E-state index is 11.2. The summed E-state index contributed by atoms with van der Waals surface area (Å²) < 4.78 is 0.508. The first-order chi connectivity index (χ1) is 6.09. The molecule has 0 saturated heterocycles. The number of aromatic nitrogens is 1. The zero-order valence-corrected chi connectivity index (χ0v) is 9.08. The van der Waals surface area contributed by atoms with E-state index in [1.54, 1.807) is 6.20 Å². The molecule has 1 N–H and O–H groups in total. The normalized spacial score (nSPS) is 10.5. The summed E-state index contributed by atoms with van der Waals surface area (Å²) >= 11 is 7.01. The molecule has 1 aromatic heterocycles. The quantitative estimate of drug-likeness (QED) is 0.844. The van der Waals surface area contributed by atoms with Crippen molar-refractivity contribution in [1.82, 2.24) is 10.3 Å². The molecule has 0 atom stereocenters. The molecule has 0 radical (unpaired) electrons. The van der Waals surface area contributed by atoms with Crippen LogP contribution in [0.5, 0.6) is 0 Å². The molecule has 0 bridgehead atoms. The van der Waals surface area contributed by atoms with Crippen molar-refractivity contribution in [2.24, 2.45) is 5.92 Å². The average molecular weight is 219 g/mol. The third-order valence-corrected chi connectivity index (χ3v) is 2.60. The second-order valence-electron chi connectivity index (χ2n) is 2.95. The van der Waals surface area contributed by atoms with Crippen molar-refractivity contribution in [3.05, 3.63) is 15.5 Å². The molecule has 5 heteroatoms. The summed E-state index contributed by atoms with van der Waals surface area (Å²) in [7, 11) is 0. The van der Waals surface area contributed by atoms with Crippen LogP contribution in [0.2, 0.25) is 4.47 Å². The number of halogens is 1. The van der Waals surface area contributed by atoms with Crippen molar-refractivity contribution >= 4 is 28.8 Å². The minimum atomic E-state index is 0.0170. The third-order valence-electron chi connectivity index (χ3n) is 1.49. The van der Waals surface area contributed by atoms with E-state index in [-0.39, 0.29) is 11.8 Å². The van der Waals surface area contributed by atoms with Crippen molar-refractivity contribution in [1.29, 1.82) is 0 Å². The van der Waals surface area contributed by atoms with Gasteiger partial charge >= 0.3 is 0 Å². The molecule has 0 aliphatic carbocycles. The minimum absolute atomic E-state index is 0.0170. The van der Waals surface area contributed by atoms with Crippen LogP contribution in [0, 0.1) is 5.92 Å². The van der Waals surface area contributed by atoms with Crippen molar-refractivity contribution in [2.45, 2.75) is 20.4 Å². The van der Waals surface area contributed by atoms with E-state index in [2.05, 4.69) is 10.3 Å². The summed E-state index contributed by atoms with van der Waals surface area (Å²) in [5.41, 5.74) is 0. The summed E-state index contributed by atoms with van der Waals surface area (Å²) in [6.45, 7) is 4.23. The first-order valence-corrected chi connectivity index (χ1v) is 5.17. The van der Waals surface area contributed by atoms with Gasteiger partial charge in [-0.2, -0.15) is 0 Å². The lowest BCUT2D eigenvalue weighted by atomic mass is 10.2. The van der Waals surface area contributed by atoms with E-state index in [1.807, 2.05) is 13.8 Å². The molecule has 72 valence electrons. The second-order valence-corrected chi connectivity index (χ2v) is 4.65. The van der Waals surface area contributed by atoms with Gasteiger partial charge in [0.25, 0.3) is 0 Å². The van der Waals surface area contributed by atoms with Crippen LogP contribution in [0.4, 0.5) is 0 Å². The first kappa shape index (κ1) is 10.5. The van der Waals surface area contributed by atoms with Crippen LogP contribution in [0.3, 0.4) is 0 Å². The molecule has 1 rings (SSSR count). The number of carbonyl (C=O) groups is 1. The zero-order chi connectivity index (χ0) is 9.84. The van der Waals surface area contributed by atoms with Gasteiger partial charge in [0.2, 0.25) is 5.91 Å². The molecule has 1 amide bonds. The summed E-state index contributed by atoms with van der Waals surface area (Å²) in [6, 6.07) is 0. The molecule has 0 aliphatic rings. The Morgan fingerprint density at radius 3 is 2.92 bits per heavy atom. The van der Waals surface area contributed by atoms with Crippen LogP contribution >= 0.6 is 22.9 Å². The predicted molar refractivity (Wildman–Crippen MR) is 53.8 cm³/mol. The van der Waals surface area contributed by atoms with E-state index < -0.39 is 0 Å². The van der Waals surface area contributed by atoms with Crippen molar-refractivity contribution in [2.75, 3.05) is 0 Å². The van der Waals surface area contributed by atoms with E-state index in [9.17, 15) is 4.79 Å². The number of carbonyl (C=O) groups excluding carboxylic acids is 1. The fourth-order valence-corrected chi connectivity index (χ4v) is 1.66. The van der Waals surface area contributed by atoms with Gasteiger partial charge in [-0.1, -0.05) is 25.4 Å². The highest BCUT2D eigenvalue weighted by Gasteiger charge is 2.06. The summed E-state index contributed by atoms with van der Waals surface area (Å²) in [4.78, 5) is 16.0. The van der Waals surface area contributed by atoms with Gasteiger partial charge in [0, 0.05) is 17.0 Å². The largest absolute Gasteiger partial charge is 0.351 e. The number of rotatable bonds is 3. The molecular weight excluding hydrogens is 208 g/mol. The predicted octanol–water partition coefficient (Wildman–Crippen LogP) is 2.07. The Morgan fingerprint density at radius 1 is 1.77 bits per heavy atom. The van der Waals surface area contributed by atoms with Gasteiger partial charge in [0.1, 0.15) is 0 Å². The highest BCUT2D eigenvalue weighted by atomic mass is 35.5. The molecule has 1 heterocycles. The minimum Gasteiger partial charge on any atom is -0.351 e. The summed E-state index contributed by atoms with van der Waals surface area (Å²) in [5.74, 6) is 0.0629. The number of nitrogens with one attached hydrogen (secondary N) is 1. The molecule has 3 nitrogen and oxygen atoms in total. The highest BCUT2D eigenvalue weighted by Crippen LogP contribution is 2.17. The van der Waals surface area contributed by atoms with Crippen LogP contribution in [0.1, 0.15) is 18.7 Å². The molecule has 1 aromatic rings. The van der Waals surface area contributed by atoms with Gasteiger partial charge in [-0.15, -0.1) is 11.3 Å². The van der Waals surface area contributed by atoms with E-state index in [4.69, 9.17) is 11.6 Å². The monoisotopic (exact) mass is 218 g/mol. The lowest BCUT2D eigenvalue weighted by molar-refractivity contribution is -0.124. The number of nitrogens with zero attached hydrogens (tertiary/aromatic N) is 1. The molecular formula is C8H11ClN2OS. The Morgan fingerprint density at radius 2 is 2.46 bits per heavy atom. The van der Waals surface area contributed by atoms with Crippen LogP contribution in [0.15, 0.2) is 6.20 Å². The Balaban J connectivity index is 2.39. The topological polar surface area (TPSA) is 42.0 Å². The molecule has 0 saturated carbocycles. The molecule has 0 aromatic carbocycles. The molecule has 13 heavy (non-hydrogen) atoms. The standard InChI is InChI=1S/C8H11ClN2OS/c1-5(2)7(12)10-3-6-4-11-8(9)13-6/h4-5H,3H2,1-2H3,(H,10,12). The van der Waals surface area contributed by atoms with Gasteiger partial charge in [-0.05, 0) is 0 Å². The Hall–Kier alpha value is -0.610. The summed E-state index contributed by atoms with van der Waals surface area (Å²) in [5, 5.41) is 2.78. The molecule has 0 aliphatic heterocycles. The van der Waals surface area contributed by atoms with Crippen LogP contribution < -0.4 is 5.32 Å². The van der Waals surface area contributed by atoms with Crippen LogP contribution in [-0.4, -0.2) is 10.9 Å². The van der Waals surface area contributed by atoms with E-state index in [1.165, 1.54) is 11.3 Å². The smallest absolute Gasteiger partial charge is 0.222 e. The van der Waals surface area contributed by atoms with Gasteiger partial charge in [-0.25, -0.2) is 4.98 Å². The highest BCUT2D eigenvalue weighted by molar-refractivity contribution is 7.15. The van der Waals surface area contributed by atoms with Gasteiger partial charge in [0.05, 0.1) is 6.54 Å². The van der Waals surface area contributed by atoms with E-state index in [0.29, 0.717) is 11.0 Å². The maximum Gasteiger partial charge on any atom is 0.222 e. The number of amides is 1. The van der Waals surface area contributed by atoms with Crippen LogP contribution in [-0.2, 0) is 11.3 Å². The average Bonchev–Trinajstić information content (AvgIpc) is 2.47. The number of hydrogen-bond acceptors (Lipinski definition) is 3. The second kappa shape index (κ2) is 4.58. The molecule has 0 unspecified atom stereocenters. The fraction of sp³-hybridized carbons (Fsp3) is 0.500. The molecule has 0 spiro atoms. The van der Waals surface area contributed by atoms with Gasteiger partial charge in [0.15, 0.2) is 4.47 Å². The zero-order valence-electron chi connectivity index (χ0n) is 7.50. The van der Waals surface area contributed by atoms with Crippen molar-refractivity contribution in [3.63, 3.8) is 0 Å². The maximum absolute atomic E-state index is 11.2. The first-order valence-electron chi connectivity index (χ1n) is 3.97. The SMILES string of the molecule is CC(C)C(=O)NCc1cnc(Cl)s1. The lowest BCUT2D eigenvalue weighted by Gasteiger charge is -2.04. The van der Waals surface area contributed by atoms with E-state index in [0.717, 1.165) is 4.88 Å². The van der Waals surface area contributed by atoms with Gasteiger partial charge in [-0.3, -0.25) is 4.79 Å². The number of hydrogen-bond donors (Lipinski definition) is 1. The Kier molecular flexibility index (Phi) is 3.69. The Bertz CT molecular complexity index is 298. The fourth-order valence-electron chi connectivity index (χ4n) is 0.744. The Labute approximate surface area is 86.1 Å². The lowest BCUT2D eigenvalue weighted by Crippen LogP contribution is -2.26.